The van der Waals surface area contributed by atoms with Crippen LogP contribution in [0.2, 0.25) is 0 Å². The number of allylic oxidation sites excluding steroid dienone is 3. The van der Waals surface area contributed by atoms with Crippen LogP contribution in [-0.2, 0) is 19.1 Å². The number of alkyl halides is 1. The van der Waals surface area contributed by atoms with Crippen molar-refractivity contribution in [2.45, 2.75) is 93.1 Å². The van der Waals surface area contributed by atoms with Gasteiger partial charge in [0.1, 0.15) is 5.78 Å². The quantitative estimate of drug-likeness (QED) is 0.195. The SMILES string of the molecule is CC(=O)[C@@H]1C/C=C(/C)C/C=C/[C@H](C)[C@H](C)[C@@H](CCCCCl)C(=O)C(C)(C)[C@@H](C)CC(=O)O1. The standard InChI is InChI=1S/C27H43ClO4/c1-18-11-10-12-19(2)21(4)23(13-8-9-16-28)26(31)27(6,7)20(3)17-25(30)32-24(15-14-18)22(5)29/h10,12,14,19-21,23-24H,8-9,11,13,15-17H2,1-7H3/b12-10+,18-14-/t19-,20-,21-,23+,24-/m0/s1. The predicted molar refractivity (Wildman–Crippen MR) is 132 cm³/mol. The third kappa shape index (κ3) is 8.50. The zero-order chi connectivity index (χ0) is 24.5. The lowest BCUT2D eigenvalue weighted by Gasteiger charge is -2.37. The fraction of sp³-hybridized carbons (Fsp3) is 0.741. The van der Waals surface area contributed by atoms with Gasteiger partial charge in [0.05, 0.1) is 0 Å². The van der Waals surface area contributed by atoms with Crippen molar-refractivity contribution in [3.63, 3.8) is 0 Å². The molecule has 0 aromatic heterocycles. The topological polar surface area (TPSA) is 60.4 Å². The maximum Gasteiger partial charge on any atom is 0.306 e. The third-order valence-electron chi connectivity index (χ3n) is 7.33. The molecule has 0 unspecified atom stereocenters. The van der Waals surface area contributed by atoms with E-state index in [1.165, 1.54) is 6.92 Å². The van der Waals surface area contributed by atoms with Crippen molar-refractivity contribution in [3.8, 4) is 0 Å². The van der Waals surface area contributed by atoms with E-state index in [1.54, 1.807) is 0 Å². The lowest BCUT2D eigenvalue weighted by Crippen LogP contribution is -2.41. The van der Waals surface area contributed by atoms with Gasteiger partial charge in [-0.15, -0.1) is 11.6 Å². The minimum Gasteiger partial charge on any atom is -0.454 e. The second kappa shape index (κ2) is 13.3. The summed E-state index contributed by atoms with van der Waals surface area (Å²) in [7, 11) is 0. The maximum atomic E-state index is 13.8. The molecule has 1 heterocycles. The van der Waals surface area contributed by atoms with E-state index in [1.807, 2.05) is 33.8 Å². The molecule has 0 aliphatic carbocycles. The van der Waals surface area contributed by atoms with Gasteiger partial charge >= 0.3 is 5.97 Å². The van der Waals surface area contributed by atoms with Gasteiger partial charge < -0.3 is 4.74 Å². The summed E-state index contributed by atoms with van der Waals surface area (Å²) in [5.41, 5.74) is 0.446. The monoisotopic (exact) mass is 466 g/mol. The van der Waals surface area contributed by atoms with Crippen LogP contribution in [0.1, 0.15) is 87.0 Å². The summed E-state index contributed by atoms with van der Waals surface area (Å²) in [6.07, 6.45) is 9.42. The molecular formula is C27H43ClO4. The van der Waals surface area contributed by atoms with Gasteiger partial charge in [-0.2, -0.15) is 0 Å². The van der Waals surface area contributed by atoms with Crippen LogP contribution in [0.3, 0.4) is 0 Å². The van der Waals surface area contributed by atoms with Crippen LogP contribution in [0.25, 0.3) is 0 Å². The molecule has 5 heteroatoms. The van der Waals surface area contributed by atoms with Crippen LogP contribution in [0.4, 0.5) is 0 Å². The Hall–Kier alpha value is -1.42. The fourth-order valence-electron chi connectivity index (χ4n) is 4.22. The van der Waals surface area contributed by atoms with E-state index in [-0.39, 0.29) is 41.7 Å². The number of ether oxygens (including phenoxy) is 1. The number of ketones is 2. The van der Waals surface area contributed by atoms with E-state index in [9.17, 15) is 14.4 Å². The van der Waals surface area contributed by atoms with Crippen molar-refractivity contribution in [1.82, 2.24) is 0 Å². The lowest BCUT2D eigenvalue weighted by atomic mass is 9.66. The molecule has 32 heavy (non-hydrogen) atoms. The van der Waals surface area contributed by atoms with Gasteiger partial charge in [0, 0.05) is 30.1 Å². The fourth-order valence-corrected chi connectivity index (χ4v) is 4.41. The van der Waals surface area contributed by atoms with Crippen LogP contribution in [0.15, 0.2) is 23.8 Å². The Morgan fingerprint density at radius 1 is 1.19 bits per heavy atom. The number of halogens is 1. The number of unbranched alkanes of at least 4 members (excludes halogenated alkanes) is 1. The maximum absolute atomic E-state index is 13.8. The van der Waals surface area contributed by atoms with Crippen molar-refractivity contribution >= 4 is 29.1 Å². The van der Waals surface area contributed by atoms with Crippen molar-refractivity contribution in [2.75, 3.05) is 5.88 Å². The van der Waals surface area contributed by atoms with Crippen molar-refractivity contribution in [2.24, 2.45) is 29.1 Å². The number of rotatable bonds is 5. The zero-order valence-electron chi connectivity index (χ0n) is 21.1. The Labute approximate surface area is 200 Å². The van der Waals surface area contributed by atoms with Crippen molar-refractivity contribution < 1.29 is 19.1 Å². The third-order valence-corrected chi connectivity index (χ3v) is 7.59. The molecule has 0 radical (unpaired) electrons. The van der Waals surface area contributed by atoms with Crippen LogP contribution < -0.4 is 0 Å². The molecule has 1 aliphatic rings. The Balaban J connectivity index is 3.29. The Morgan fingerprint density at radius 2 is 1.84 bits per heavy atom. The van der Waals surface area contributed by atoms with Gasteiger partial charge in [-0.25, -0.2) is 0 Å². The number of esters is 1. The van der Waals surface area contributed by atoms with Gasteiger partial charge in [0.15, 0.2) is 11.9 Å². The first-order chi connectivity index (χ1) is 14.9. The van der Waals surface area contributed by atoms with Crippen molar-refractivity contribution in [3.05, 3.63) is 23.8 Å². The van der Waals surface area contributed by atoms with Crippen LogP contribution in [0.5, 0.6) is 0 Å². The van der Waals surface area contributed by atoms with E-state index in [0.717, 1.165) is 31.3 Å². The minimum absolute atomic E-state index is 0.0964. The smallest absolute Gasteiger partial charge is 0.306 e. The average Bonchev–Trinajstić information content (AvgIpc) is 2.72. The molecule has 4 nitrogen and oxygen atoms in total. The zero-order valence-corrected chi connectivity index (χ0v) is 21.8. The summed E-state index contributed by atoms with van der Waals surface area (Å²) in [6.45, 7) is 13.6. The van der Waals surface area contributed by atoms with Gasteiger partial charge in [0.2, 0.25) is 0 Å². The molecule has 0 fully saturated rings. The largest absolute Gasteiger partial charge is 0.454 e. The van der Waals surface area contributed by atoms with E-state index in [2.05, 4.69) is 26.0 Å². The number of hydrogen-bond donors (Lipinski definition) is 0. The number of hydrogen-bond acceptors (Lipinski definition) is 4. The highest BCUT2D eigenvalue weighted by atomic mass is 35.5. The highest BCUT2D eigenvalue weighted by molar-refractivity contribution is 6.17. The number of cyclic esters (lactones) is 1. The summed E-state index contributed by atoms with van der Waals surface area (Å²) >= 11 is 5.89. The van der Waals surface area contributed by atoms with E-state index in [4.69, 9.17) is 16.3 Å². The summed E-state index contributed by atoms with van der Waals surface area (Å²) in [5, 5.41) is 0. The molecule has 0 saturated heterocycles. The lowest BCUT2D eigenvalue weighted by molar-refractivity contribution is -0.156. The molecule has 1 rings (SSSR count). The molecule has 182 valence electrons. The molecule has 0 N–H and O–H groups in total. The minimum atomic E-state index is -0.775. The van der Waals surface area contributed by atoms with Gasteiger partial charge in [0.25, 0.3) is 0 Å². The Bertz CT molecular complexity index is 706. The second-order valence-electron chi connectivity index (χ2n) is 10.2. The Morgan fingerprint density at radius 3 is 2.44 bits per heavy atom. The van der Waals surface area contributed by atoms with Gasteiger partial charge in [-0.3, -0.25) is 14.4 Å². The highest BCUT2D eigenvalue weighted by Gasteiger charge is 2.41. The molecule has 1 aliphatic heterocycles. The predicted octanol–water partition coefficient (Wildman–Crippen LogP) is 6.70. The normalized spacial score (nSPS) is 33.1. The molecule has 0 bridgehead atoms. The molecule has 0 spiro atoms. The summed E-state index contributed by atoms with van der Waals surface area (Å²) in [6, 6.07) is 0. The summed E-state index contributed by atoms with van der Waals surface area (Å²) in [4.78, 5) is 38.4. The molecule has 0 aromatic rings. The molecule has 0 saturated carbocycles. The van der Waals surface area contributed by atoms with E-state index in [0.29, 0.717) is 12.3 Å². The molecule has 0 amide bonds. The first-order valence-electron chi connectivity index (χ1n) is 12.0. The second-order valence-corrected chi connectivity index (χ2v) is 10.6. The Kier molecular flexibility index (Phi) is 11.9. The number of carbonyl (C=O) groups excluding carboxylic acids is 3. The van der Waals surface area contributed by atoms with Gasteiger partial charge in [-0.1, -0.05) is 64.8 Å². The molecule has 0 aromatic carbocycles. The van der Waals surface area contributed by atoms with Crippen LogP contribution in [-0.4, -0.2) is 29.5 Å². The average molecular weight is 467 g/mol. The van der Waals surface area contributed by atoms with Crippen molar-refractivity contribution in [1.29, 1.82) is 0 Å². The highest BCUT2D eigenvalue weighted by Crippen LogP contribution is 2.39. The van der Waals surface area contributed by atoms with Gasteiger partial charge in [-0.05, 0) is 50.9 Å². The van der Waals surface area contributed by atoms with E-state index < -0.39 is 17.5 Å². The van der Waals surface area contributed by atoms with Crippen LogP contribution >= 0.6 is 11.6 Å². The summed E-state index contributed by atoms with van der Waals surface area (Å²) in [5.74, 6) is 0.356. The number of carbonyl (C=O) groups is 3. The molecular weight excluding hydrogens is 424 g/mol. The first kappa shape index (κ1) is 28.6. The van der Waals surface area contributed by atoms with E-state index >= 15 is 0 Å². The summed E-state index contributed by atoms with van der Waals surface area (Å²) < 4.78 is 5.53. The first-order valence-corrected chi connectivity index (χ1v) is 12.6. The molecule has 5 atom stereocenters. The van der Waals surface area contributed by atoms with Crippen LogP contribution in [0, 0.1) is 29.1 Å². The number of Topliss-reactive ketones (excluding diaryl/α,β-unsaturated/α-hetero) is 2.